The Balaban J connectivity index is 0.00000200. The van der Waals surface area contributed by atoms with Crippen molar-refractivity contribution in [1.29, 1.82) is 0 Å². The summed E-state index contributed by atoms with van der Waals surface area (Å²) < 4.78 is 0. The Morgan fingerprint density at radius 1 is 1.30 bits per heavy atom. The number of hydrogen-bond donors (Lipinski definition) is 1. The van der Waals surface area contributed by atoms with E-state index < -0.39 is 0 Å². The summed E-state index contributed by atoms with van der Waals surface area (Å²) in [6.45, 7) is 11.0. The zero-order valence-corrected chi connectivity index (χ0v) is 14.0. The van der Waals surface area contributed by atoms with E-state index >= 15 is 0 Å². The third-order valence-electron chi connectivity index (χ3n) is 4.86. The van der Waals surface area contributed by atoms with E-state index in [4.69, 9.17) is 0 Å². The van der Waals surface area contributed by atoms with Crippen molar-refractivity contribution < 1.29 is 4.79 Å². The number of piperidine rings is 2. The lowest BCUT2D eigenvalue weighted by molar-refractivity contribution is -0.135. The highest BCUT2D eigenvalue weighted by atomic mass is 35.5. The summed E-state index contributed by atoms with van der Waals surface area (Å²) in [5, 5.41) is 3.46. The van der Waals surface area contributed by atoms with Crippen LogP contribution in [0.5, 0.6) is 0 Å². The van der Waals surface area contributed by atoms with Crippen LogP contribution in [-0.2, 0) is 4.79 Å². The number of rotatable bonds is 3. The molecule has 2 aliphatic rings. The summed E-state index contributed by atoms with van der Waals surface area (Å²) in [5.41, 5.74) is 0. The number of hydrogen-bond acceptors (Lipinski definition) is 2. The fourth-order valence-electron chi connectivity index (χ4n) is 3.80. The molecule has 2 rings (SSSR count). The Morgan fingerprint density at radius 3 is 2.50 bits per heavy atom. The number of nitrogens with one attached hydrogen (secondary N) is 1. The number of amides is 1. The lowest BCUT2D eigenvalue weighted by atomic mass is 9.84. The van der Waals surface area contributed by atoms with Crippen molar-refractivity contribution in [3.63, 3.8) is 0 Å². The van der Waals surface area contributed by atoms with Gasteiger partial charge in [-0.25, -0.2) is 0 Å². The minimum Gasteiger partial charge on any atom is -0.342 e. The first-order valence-corrected chi connectivity index (χ1v) is 8.04. The summed E-state index contributed by atoms with van der Waals surface area (Å²) in [6, 6.07) is 0. The van der Waals surface area contributed by atoms with Crippen LogP contribution in [0.25, 0.3) is 0 Å². The predicted molar refractivity (Wildman–Crippen MR) is 86.1 cm³/mol. The molecule has 1 amide bonds. The van der Waals surface area contributed by atoms with Crippen LogP contribution in [0.4, 0.5) is 0 Å². The minimum absolute atomic E-state index is 0. The zero-order chi connectivity index (χ0) is 13.8. The number of likely N-dealkylation sites (tertiary alicyclic amines) is 1. The predicted octanol–water partition coefficient (Wildman–Crippen LogP) is 2.94. The highest BCUT2D eigenvalue weighted by molar-refractivity contribution is 5.85. The Hall–Kier alpha value is -0.280. The smallest absolute Gasteiger partial charge is 0.222 e. The normalized spacial score (nSPS) is 32.4. The fourth-order valence-corrected chi connectivity index (χ4v) is 3.80. The van der Waals surface area contributed by atoms with Gasteiger partial charge < -0.3 is 10.2 Å². The third kappa shape index (κ3) is 4.92. The Bertz CT molecular complexity index is 295. The van der Waals surface area contributed by atoms with Crippen LogP contribution in [0.15, 0.2) is 0 Å². The van der Waals surface area contributed by atoms with Gasteiger partial charge in [-0.15, -0.1) is 12.4 Å². The first-order valence-electron chi connectivity index (χ1n) is 8.04. The van der Waals surface area contributed by atoms with Gasteiger partial charge >= 0.3 is 0 Å². The lowest BCUT2D eigenvalue weighted by Gasteiger charge is -2.36. The summed E-state index contributed by atoms with van der Waals surface area (Å²) in [4.78, 5) is 14.6. The minimum atomic E-state index is 0. The summed E-state index contributed by atoms with van der Waals surface area (Å²) in [5.74, 6) is 2.93. The van der Waals surface area contributed by atoms with E-state index in [1.807, 2.05) is 0 Å². The second-order valence-corrected chi connectivity index (χ2v) is 7.03. The molecule has 2 saturated heterocycles. The van der Waals surface area contributed by atoms with Crippen molar-refractivity contribution in [2.45, 2.75) is 46.5 Å². The molecular formula is C16H31ClN2O. The van der Waals surface area contributed by atoms with Gasteiger partial charge in [0.1, 0.15) is 0 Å². The van der Waals surface area contributed by atoms with Crippen molar-refractivity contribution in [3.8, 4) is 0 Å². The van der Waals surface area contributed by atoms with Crippen LogP contribution >= 0.6 is 12.4 Å². The maximum Gasteiger partial charge on any atom is 0.222 e. The van der Waals surface area contributed by atoms with E-state index in [2.05, 4.69) is 31.0 Å². The van der Waals surface area contributed by atoms with E-state index in [1.165, 1.54) is 19.3 Å². The van der Waals surface area contributed by atoms with Crippen molar-refractivity contribution >= 4 is 18.3 Å². The van der Waals surface area contributed by atoms with E-state index in [1.54, 1.807) is 0 Å². The molecule has 4 heteroatoms. The number of carbonyl (C=O) groups excluding carboxylic acids is 1. The molecule has 0 radical (unpaired) electrons. The molecule has 0 spiro atoms. The van der Waals surface area contributed by atoms with Crippen LogP contribution in [0.2, 0.25) is 0 Å². The van der Waals surface area contributed by atoms with E-state index in [9.17, 15) is 4.79 Å². The molecule has 118 valence electrons. The topological polar surface area (TPSA) is 32.3 Å². The van der Waals surface area contributed by atoms with Crippen molar-refractivity contribution in [1.82, 2.24) is 10.2 Å². The first-order chi connectivity index (χ1) is 9.06. The molecule has 1 N–H and O–H groups in total. The Kier molecular flexibility index (Phi) is 7.32. The van der Waals surface area contributed by atoms with Crippen LogP contribution < -0.4 is 5.32 Å². The maximum atomic E-state index is 12.4. The molecule has 0 aromatic rings. The molecule has 20 heavy (non-hydrogen) atoms. The van der Waals surface area contributed by atoms with Crippen molar-refractivity contribution in [2.24, 2.45) is 23.7 Å². The standard InChI is InChI=1S/C16H30N2O.ClH/c1-12-7-13(2)11-18(10-12)16(19)8-14(3)15-5-4-6-17-9-15;/h12-15,17H,4-11H2,1-3H3;1H. The summed E-state index contributed by atoms with van der Waals surface area (Å²) in [6.07, 6.45) is 4.56. The first kappa shape index (κ1) is 17.8. The van der Waals surface area contributed by atoms with Crippen LogP contribution in [0.3, 0.4) is 0 Å². The maximum absolute atomic E-state index is 12.4. The average Bonchev–Trinajstić information content (AvgIpc) is 2.38. The zero-order valence-electron chi connectivity index (χ0n) is 13.2. The molecule has 2 aliphatic heterocycles. The molecule has 0 saturated carbocycles. The van der Waals surface area contributed by atoms with Crippen molar-refractivity contribution in [2.75, 3.05) is 26.2 Å². The number of halogens is 1. The second kappa shape index (κ2) is 8.23. The molecule has 0 bridgehead atoms. The summed E-state index contributed by atoms with van der Waals surface area (Å²) in [7, 11) is 0. The monoisotopic (exact) mass is 302 g/mol. The van der Waals surface area contributed by atoms with Gasteiger partial charge in [-0.2, -0.15) is 0 Å². The molecule has 2 heterocycles. The molecule has 3 nitrogen and oxygen atoms in total. The molecule has 4 unspecified atom stereocenters. The van der Waals surface area contributed by atoms with Gasteiger partial charge in [-0.1, -0.05) is 20.8 Å². The van der Waals surface area contributed by atoms with Crippen LogP contribution in [-0.4, -0.2) is 37.0 Å². The molecule has 0 aromatic carbocycles. The van der Waals surface area contributed by atoms with Gasteiger partial charge in [0.2, 0.25) is 5.91 Å². The highest BCUT2D eigenvalue weighted by Crippen LogP contribution is 2.26. The van der Waals surface area contributed by atoms with E-state index in [0.717, 1.165) is 32.6 Å². The SMILES string of the molecule is CC1CC(C)CN(C(=O)CC(C)C2CCCNC2)C1.Cl. The summed E-state index contributed by atoms with van der Waals surface area (Å²) >= 11 is 0. The third-order valence-corrected chi connectivity index (χ3v) is 4.86. The molecule has 0 aliphatic carbocycles. The van der Waals surface area contributed by atoms with Crippen LogP contribution in [0, 0.1) is 23.7 Å². The lowest BCUT2D eigenvalue weighted by Crippen LogP contribution is -2.44. The van der Waals surface area contributed by atoms with Gasteiger partial charge in [-0.05, 0) is 56.0 Å². The second-order valence-electron chi connectivity index (χ2n) is 7.03. The van der Waals surface area contributed by atoms with Gasteiger partial charge in [0, 0.05) is 19.5 Å². The Labute approximate surface area is 130 Å². The van der Waals surface area contributed by atoms with Gasteiger partial charge in [-0.3, -0.25) is 4.79 Å². The quantitative estimate of drug-likeness (QED) is 0.869. The fraction of sp³-hybridized carbons (Fsp3) is 0.938. The van der Waals surface area contributed by atoms with Crippen LogP contribution in [0.1, 0.15) is 46.5 Å². The molecular weight excluding hydrogens is 272 g/mol. The van der Waals surface area contributed by atoms with Gasteiger partial charge in [0.15, 0.2) is 0 Å². The highest BCUT2D eigenvalue weighted by Gasteiger charge is 2.28. The number of carbonyl (C=O) groups is 1. The number of nitrogens with zero attached hydrogens (tertiary/aromatic N) is 1. The van der Waals surface area contributed by atoms with Crippen molar-refractivity contribution in [3.05, 3.63) is 0 Å². The average molecular weight is 303 g/mol. The van der Waals surface area contributed by atoms with Gasteiger partial charge in [0.25, 0.3) is 0 Å². The van der Waals surface area contributed by atoms with E-state index in [-0.39, 0.29) is 12.4 Å². The van der Waals surface area contributed by atoms with E-state index in [0.29, 0.717) is 29.6 Å². The molecule has 2 fully saturated rings. The molecule has 4 atom stereocenters. The van der Waals surface area contributed by atoms with Gasteiger partial charge in [0.05, 0.1) is 0 Å². The largest absolute Gasteiger partial charge is 0.342 e. The molecule has 0 aromatic heterocycles. The Morgan fingerprint density at radius 2 is 1.95 bits per heavy atom.